The molecule has 0 nitrogen and oxygen atoms in total. The van der Waals surface area contributed by atoms with E-state index in [1.807, 2.05) is 0 Å². The zero-order valence-electron chi connectivity index (χ0n) is 36.5. The number of hydrogen-bond donors (Lipinski definition) is 0. The minimum Gasteiger partial charge on any atom is -0.0776 e. The van der Waals surface area contributed by atoms with Crippen molar-refractivity contribution in [2.24, 2.45) is 0 Å². The molecule has 0 saturated heterocycles. The van der Waals surface area contributed by atoms with Crippen LogP contribution in [-0.2, 0) is 32.5 Å². The Kier molecular flexibility index (Phi) is 11.0. The van der Waals surface area contributed by atoms with Gasteiger partial charge in [-0.1, -0.05) is 215 Å². The van der Waals surface area contributed by atoms with Crippen LogP contribution in [-0.4, -0.2) is 8.07 Å². The summed E-state index contributed by atoms with van der Waals surface area (Å²) in [6.45, 7) is 45.5. The van der Waals surface area contributed by atoms with Crippen LogP contribution in [0.15, 0.2) is 77.5 Å². The highest BCUT2D eigenvalue weighted by molar-refractivity contribution is 7.16. The smallest absolute Gasteiger partial charge is 0.0776 e. The highest BCUT2D eigenvalue weighted by atomic mass is 28.3. The molecule has 1 aliphatic rings. The van der Waals surface area contributed by atoms with Gasteiger partial charge in [-0.25, -0.2) is 0 Å². The summed E-state index contributed by atoms with van der Waals surface area (Å²) in [5.74, 6) is 0. The van der Waals surface area contributed by atoms with Crippen molar-refractivity contribution in [2.75, 3.05) is 0 Å². The first kappa shape index (κ1) is 41.1. The molecule has 0 N–H and O–H groups in total. The largest absolute Gasteiger partial charge is 0.176 e. The summed E-state index contributed by atoms with van der Waals surface area (Å²) in [7, 11) is -2.91. The van der Waals surface area contributed by atoms with Crippen LogP contribution in [0.4, 0.5) is 0 Å². The van der Waals surface area contributed by atoms with Crippen molar-refractivity contribution in [3.05, 3.63) is 111 Å². The Labute approximate surface area is 316 Å². The maximum Gasteiger partial charge on any atom is 0.176 e. The van der Waals surface area contributed by atoms with Crippen molar-refractivity contribution in [2.45, 2.75) is 183 Å². The van der Waals surface area contributed by atoms with Crippen molar-refractivity contribution >= 4 is 23.6 Å². The lowest BCUT2D eigenvalue weighted by molar-refractivity contribution is 0.569. The third-order valence-electron chi connectivity index (χ3n) is 11.3. The van der Waals surface area contributed by atoms with Gasteiger partial charge >= 0.3 is 0 Å². The van der Waals surface area contributed by atoms with Gasteiger partial charge in [0.1, 0.15) is 0 Å². The summed E-state index contributed by atoms with van der Waals surface area (Å²) in [5, 5.41) is 6.24. The molecular formula is C50H74Si. The van der Waals surface area contributed by atoms with Crippen LogP contribution in [0.25, 0.3) is 0 Å². The van der Waals surface area contributed by atoms with E-state index in [4.69, 9.17) is 0 Å². The third kappa shape index (κ3) is 8.78. The zero-order chi connectivity index (χ0) is 38.8. The number of rotatable bonds is 6. The van der Waals surface area contributed by atoms with Gasteiger partial charge in [-0.05, 0) is 94.3 Å². The summed E-state index contributed by atoms with van der Waals surface area (Å²) in [4.78, 5) is 0. The molecule has 4 rings (SSSR count). The highest BCUT2D eigenvalue weighted by Gasteiger charge is 2.46. The van der Waals surface area contributed by atoms with Gasteiger partial charge in [-0.15, -0.1) is 0 Å². The van der Waals surface area contributed by atoms with Gasteiger partial charge in [0.05, 0.1) is 0 Å². The number of hydrogen-bond acceptors (Lipinski definition) is 0. The minimum atomic E-state index is -2.91. The molecule has 0 aromatic heterocycles. The van der Waals surface area contributed by atoms with E-state index in [0.29, 0.717) is 0 Å². The van der Waals surface area contributed by atoms with E-state index in [9.17, 15) is 0 Å². The van der Waals surface area contributed by atoms with Gasteiger partial charge in [0.15, 0.2) is 8.07 Å². The van der Waals surface area contributed by atoms with Gasteiger partial charge in [0, 0.05) is 0 Å². The maximum absolute atomic E-state index is 2.91. The Morgan fingerprint density at radius 2 is 0.667 bits per heavy atom. The van der Waals surface area contributed by atoms with Crippen LogP contribution in [0.5, 0.6) is 0 Å². The number of allylic oxidation sites excluding steroid dienone is 4. The molecule has 3 aromatic carbocycles. The Balaban J connectivity index is 2.44. The SMILES string of the molecule is CCCC1=CCC([Si](c2cc(C(C)(C)C)cc(C(C)(C)C)c2)(c2cc(C(C)(C)C)cc(C(C)(C)C)c2)c2cc(C(C)(C)C)cc(C(C)(C)C)c2)=C1. The van der Waals surface area contributed by atoms with E-state index in [0.717, 1.165) is 12.8 Å². The van der Waals surface area contributed by atoms with Gasteiger partial charge < -0.3 is 0 Å². The Bertz CT molecular complexity index is 1520. The second-order valence-corrected chi connectivity index (χ2v) is 25.9. The standard InChI is InChI=1S/C50H74Si/c1-20-21-34-22-23-41(24-34)51(42-28-35(45(2,3)4)25-36(29-42)46(5,6)7,43-30-37(47(8,9)10)26-38(31-43)48(11,12)13)44-32-39(49(14,15)16)27-40(33-44)50(17,18)19/h22,24-33H,20-21,23H2,1-19H3. The third-order valence-corrected chi connectivity index (χ3v) is 16.0. The summed E-state index contributed by atoms with van der Waals surface area (Å²) in [5.41, 5.74) is 10.2. The molecule has 1 aliphatic carbocycles. The molecule has 0 aliphatic heterocycles. The normalized spacial score (nSPS) is 15.3. The molecule has 0 radical (unpaired) electrons. The molecular weight excluding hydrogens is 629 g/mol. The van der Waals surface area contributed by atoms with E-state index >= 15 is 0 Å². The second kappa shape index (κ2) is 13.6. The Morgan fingerprint density at radius 3 is 0.882 bits per heavy atom. The average Bonchev–Trinajstić information content (AvgIpc) is 3.43. The molecule has 0 fully saturated rings. The monoisotopic (exact) mass is 703 g/mol. The summed E-state index contributed by atoms with van der Waals surface area (Å²) >= 11 is 0. The van der Waals surface area contributed by atoms with Gasteiger partial charge in [-0.2, -0.15) is 0 Å². The molecule has 0 spiro atoms. The predicted molar refractivity (Wildman–Crippen MR) is 232 cm³/mol. The van der Waals surface area contributed by atoms with E-state index in [1.165, 1.54) is 60.9 Å². The maximum atomic E-state index is 2.66. The van der Waals surface area contributed by atoms with E-state index in [1.54, 1.807) is 5.20 Å². The van der Waals surface area contributed by atoms with Crippen molar-refractivity contribution in [1.82, 2.24) is 0 Å². The van der Waals surface area contributed by atoms with Crippen LogP contribution in [0.1, 0.15) is 184 Å². The number of benzene rings is 3. The fraction of sp³-hybridized carbons (Fsp3) is 0.560. The van der Waals surface area contributed by atoms with Crippen molar-refractivity contribution in [3.8, 4) is 0 Å². The lowest BCUT2D eigenvalue weighted by atomic mass is 9.80. The summed E-state index contributed by atoms with van der Waals surface area (Å²) in [6.07, 6.45) is 8.54. The average molecular weight is 703 g/mol. The quantitative estimate of drug-likeness (QED) is 0.177. The van der Waals surface area contributed by atoms with E-state index in [2.05, 4.69) is 198 Å². The molecule has 0 unspecified atom stereocenters. The highest BCUT2D eigenvalue weighted by Crippen LogP contribution is 2.37. The lowest BCUT2D eigenvalue weighted by Gasteiger charge is -2.40. The molecule has 0 atom stereocenters. The van der Waals surface area contributed by atoms with Crippen LogP contribution < -0.4 is 15.6 Å². The molecule has 0 bridgehead atoms. The molecule has 3 aromatic rings. The molecule has 0 saturated carbocycles. The van der Waals surface area contributed by atoms with Crippen molar-refractivity contribution in [1.29, 1.82) is 0 Å². The zero-order valence-corrected chi connectivity index (χ0v) is 37.5. The lowest BCUT2D eigenvalue weighted by Crippen LogP contribution is -2.69. The second-order valence-electron chi connectivity index (χ2n) is 22.0. The summed E-state index contributed by atoms with van der Waals surface area (Å²) in [6, 6.07) is 23.5. The van der Waals surface area contributed by atoms with Crippen molar-refractivity contribution in [3.63, 3.8) is 0 Å². The first-order valence-corrected chi connectivity index (χ1v) is 21.9. The topological polar surface area (TPSA) is 0 Å². The molecule has 278 valence electrons. The fourth-order valence-electron chi connectivity index (χ4n) is 7.49. The Morgan fingerprint density at radius 1 is 0.412 bits per heavy atom. The van der Waals surface area contributed by atoms with Crippen molar-refractivity contribution < 1.29 is 0 Å². The fourth-order valence-corrected chi connectivity index (χ4v) is 12.6. The first-order chi connectivity index (χ1) is 23.0. The van der Waals surface area contributed by atoms with Crippen LogP contribution in [0.2, 0.25) is 0 Å². The van der Waals surface area contributed by atoms with Crippen LogP contribution in [0.3, 0.4) is 0 Å². The molecule has 51 heavy (non-hydrogen) atoms. The van der Waals surface area contributed by atoms with Gasteiger partial charge in [0.25, 0.3) is 0 Å². The van der Waals surface area contributed by atoms with Gasteiger partial charge in [-0.3, -0.25) is 0 Å². The van der Waals surface area contributed by atoms with Gasteiger partial charge in [0.2, 0.25) is 0 Å². The van der Waals surface area contributed by atoms with E-state index in [-0.39, 0.29) is 32.5 Å². The minimum absolute atomic E-state index is 0.0134. The van der Waals surface area contributed by atoms with Crippen LogP contribution in [0, 0.1) is 0 Å². The van der Waals surface area contributed by atoms with E-state index < -0.39 is 8.07 Å². The predicted octanol–water partition coefficient (Wildman–Crippen LogP) is 12.5. The Hall–Kier alpha value is -2.64. The summed E-state index contributed by atoms with van der Waals surface area (Å²) < 4.78 is 0. The first-order valence-electron chi connectivity index (χ1n) is 19.9. The molecule has 0 heterocycles. The van der Waals surface area contributed by atoms with Crippen LogP contribution >= 0.6 is 0 Å². The molecule has 0 amide bonds. The molecule has 1 heteroatoms.